The Balaban J connectivity index is 1.45. The van der Waals surface area contributed by atoms with E-state index in [-0.39, 0.29) is 40.9 Å². The number of ether oxygens (including phenoxy) is 1. The molecule has 3 atom stereocenters. The first kappa shape index (κ1) is 25.1. The number of alkyl halides is 3. The number of likely N-dealkylation sites (tertiary alicyclic amines) is 1. The van der Waals surface area contributed by atoms with E-state index in [1.165, 1.54) is 30.6 Å². The molecule has 2 bridgehead atoms. The SMILES string of the molecule is COCCN(c1ccc(C(F)(F)F)cn1)C1CC2CC1N(C(=O)c1cccc(F)c1-c1ncccn1)C2. The van der Waals surface area contributed by atoms with Crippen LogP contribution in [0.1, 0.15) is 28.8 Å². The van der Waals surface area contributed by atoms with Crippen molar-refractivity contribution in [2.75, 3.05) is 31.7 Å². The number of carbonyl (C=O) groups excluding carboxylic acids is 1. The van der Waals surface area contributed by atoms with Crippen LogP contribution in [0.4, 0.5) is 23.4 Å². The summed E-state index contributed by atoms with van der Waals surface area (Å²) in [4.78, 5) is 29.8. The number of fused-ring (bicyclic) bond motifs is 2. The number of aromatic nitrogens is 3. The molecule has 1 saturated carbocycles. The Bertz CT molecular complexity index is 1260. The van der Waals surface area contributed by atoms with E-state index in [1.807, 2.05) is 4.90 Å². The molecule has 3 unspecified atom stereocenters. The van der Waals surface area contributed by atoms with Gasteiger partial charge in [-0.15, -0.1) is 0 Å². The first-order valence-corrected chi connectivity index (χ1v) is 11.9. The van der Waals surface area contributed by atoms with Crippen molar-refractivity contribution in [1.82, 2.24) is 19.9 Å². The number of halogens is 4. The lowest BCUT2D eigenvalue weighted by molar-refractivity contribution is -0.137. The molecule has 2 aliphatic rings. The van der Waals surface area contributed by atoms with Gasteiger partial charge in [-0.05, 0) is 49.1 Å². The Morgan fingerprint density at radius 2 is 1.89 bits per heavy atom. The average Bonchev–Trinajstić information content (AvgIpc) is 3.50. The second kappa shape index (κ2) is 10.0. The van der Waals surface area contributed by atoms with Gasteiger partial charge in [0.25, 0.3) is 5.91 Å². The molecule has 194 valence electrons. The zero-order chi connectivity index (χ0) is 26.2. The molecule has 11 heteroatoms. The van der Waals surface area contributed by atoms with Crippen LogP contribution in [-0.4, -0.2) is 64.6 Å². The molecular weight excluding hydrogens is 490 g/mol. The van der Waals surface area contributed by atoms with E-state index in [2.05, 4.69) is 15.0 Å². The van der Waals surface area contributed by atoms with Gasteiger partial charge in [-0.25, -0.2) is 19.3 Å². The van der Waals surface area contributed by atoms with Gasteiger partial charge in [-0.3, -0.25) is 4.79 Å². The highest BCUT2D eigenvalue weighted by molar-refractivity contribution is 6.00. The van der Waals surface area contributed by atoms with Gasteiger partial charge in [0, 0.05) is 38.8 Å². The van der Waals surface area contributed by atoms with Crippen LogP contribution in [-0.2, 0) is 10.9 Å². The van der Waals surface area contributed by atoms with Gasteiger partial charge in [-0.2, -0.15) is 13.2 Å². The molecule has 1 aromatic carbocycles. The minimum atomic E-state index is -4.48. The molecule has 5 rings (SSSR count). The number of anilines is 1. The average molecular weight is 516 g/mol. The molecule has 3 heterocycles. The molecule has 3 aromatic rings. The summed E-state index contributed by atoms with van der Waals surface area (Å²) in [6.45, 7) is 1.25. The minimum Gasteiger partial charge on any atom is -0.383 e. The Morgan fingerprint density at radius 1 is 1.11 bits per heavy atom. The van der Waals surface area contributed by atoms with Crippen molar-refractivity contribution in [3.05, 3.63) is 71.9 Å². The standard InChI is InChI=1S/C26H25F4N5O2/c1-37-11-10-34(22-7-6-17(14-33-22)26(28,29)30)20-12-16-13-21(20)35(15-16)25(36)18-4-2-5-19(27)23(18)24-31-8-3-9-32-24/h2-9,14,16,20-21H,10-13,15H2,1H3. The summed E-state index contributed by atoms with van der Waals surface area (Å²) in [5, 5.41) is 0. The largest absolute Gasteiger partial charge is 0.417 e. The first-order chi connectivity index (χ1) is 17.8. The van der Waals surface area contributed by atoms with E-state index in [0.717, 1.165) is 25.1 Å². The Morgan fingerprint density at radius 3 is 2.54 bits per heavy atom. The molecule has 0 radical (unpaired) electrons. The number of amides is 1. The summed E-state index contributed by atoms with van der Waals surface area (Å²) < 4.78 is 59.4. The molecule has 1 aliphatic heterocycles. The number of rotatable bonds is 7. The predicted molar refractivity (Wildman–Crippen MR) is 127 cm³/mol. The molecule has 0 N–H and O–H groups in total. The fraction of sp³-hybridized carbons (Fsp3) is 0.385. The first-order valence-electron chi connectivity index (χ1n) is 11.9. The van der Waals surface area contributed by atoms with Crippen LogP contribution < -0.4 is 4.90 Å². The van der Waals surface area contributed by atoms with Crippen LogP contribution >= 0.6 is 0 Å². The fourth-order valence-electron chi connectivity index (χ4n) is 5.44. The number of benzene rings is 1. The summed E-state index contributed by atoms with van der Waals surface area (Å²) in [6, 6.07) is 7.91. The molecular formula is C26H25F4N5O2. The van der Waals surface area contributed by atoms with Gasteiger partial charge in [0.2, 0.25) is 0 Å². The zero-order valence-electron chi connectivity index (χ0n) is 20.0. The third-order valence-corrected chi connectivity index (χ3v) is 7.05. The topological polar surface area (TPSA) is 71.5 Å². The minimum absolute atomic E-state index is 0.0491. The van der Waals surface area contributed by atoms with Gasteiger partial charge < -0.3 is 14.5 Å². The number of carbonyl (C=O) groups is 1. The second-order valence-corrected chi connectivity index (χ2v) is 9.25. The molecule has 37 heavy (non-hydrogen) atoms. The van der Waals surface area contributed by atoms with Crippen LogP contribution in [0.3, 0.4) is 0 Å². The summed E-state index contributed by atoms with van der Waals surface area (Å²) >= 11 is 0. The monoisotopic (exact) mass is 515 g/mol. The van der Waals surface area contributed by atoms with Crippen molar-refractivity contribution in [3.63, 3.8) is 0 Å². The van der Waals surface area contributed by atoms with Crippen molar-refractivity contribution in [3.8, 4) is 11.4 Å². The molecule has 2 fully saturated rings. The van der Waals surface area contributed by atoms with Gasteiger partial charge in [0.1, 0.15) is 11.6 Å². The number of hydrogen-bond acceptors (Lipinski definition) is 6. The maximum Gasteiger partial charge on any atom is 0.417 e. The summed E-state index contributed by atoms with van der Waals surface area (Å²) in [5.41, 5.74) is -0.601. The predicted octanol–water partition coefficient (Wildman–Crippen LogP) is 4.45. The van der Waals surface area contributed by atoms with Crippen molar-refractivity contribution >= 4 is 11.7 Å². The number of nitrogens with zero attached hydrogens (tertiary/aromatic N) is 5. The number of piperidine rings is 1. The quantitative estimate of drug-likeness (QED) is 0.433. The fourth-order valence-corrected chi connectivity index (χ4v) is 5.44. The lowest BCUT2D eigenvalue weighted by atomic mass is 10.00. The van der Waals surface area contributed by atoms with Gasteiger partial charge >= 0.3 is 6.18 Å². The highest BCUT2D eigenvalue weighted by Crippen LogP contribution is 2.43. The summed E-state index contributed by atoms with van der Waals surface area (Å²) in [7, 11) is 1.55. The van der Waals surface area contributed by atoms with Gasteiger partial charge in [-0.1, -0.05) is 6.07 Å². The zero-order valence-corrected chi connectivity index (χ0v) is 20.0. The Kier molecular flexibility index (Phi) is 6.80. The van der Waals surface area contributed by atoms with E-state index >= 15 is 0 Å². The summed E-state index contributed by atoms with van der Waals surface area (Å²) in [5.74, 6) is -0.192. The van der Waals surface area contributed by atoms with Crippen LogP contribution in [0.5, 0.6) is 0 Å². The number of pyridine rings is 1. The molecule has 1 amide bonds. The maximum atomic E-state index is 14.9. The highest BCUT2D eigenvalue weighted by Gasteiger charge is 2.49. The van der Waals surface area contributed by atoms with Crippen LogP contribution in [0.25, 0.3) is 11.4 Å². The third-order valence-electron chi connectivity index (χ3n) is 7.05. The lowest BCUT2D eigenvalue weighted by Crippen LogP contribution is -2.53. The Hall–Kier alpha value is -3.60. The van der Waals surface area contributed by atoms with Gasteiger partial charge in [0.05, 0.1) is 35.4 Å². The number of hydrogen-bond donors (Lipinski definition) is 0. The molecule has 2 aromatic heterocycles. The van der Waals surface area contributed by atoms with E-state index < -0.39 is 17.6 Å². The van der Waals surface area contributed by atoms with Crippen molar-refractivity contribution in [2.24, 2.45) is 5.92 Å². The van der Waals surface area contributed by atoms with E-state index in [0.29, 0.717) is 25.5 Å². The maximum absolute atomic E-state index is 14.9. The summed E-state index contributed by atoms with van der Waals surface area (Å²) in [6.07, 6.45) is 0.822. The molecule has 0 spiro atoms. The van der Waals surface area contributed by atoms with E-state index in [9.17, 15) is 22.4 Å². The molecule has 7 nitrogen and oxygen atoms in total. The van der Waals surface area contributed by atoms with Crippen molar-refractivity contribution in [1.29, 1.82) is 0 Å². The second-order valence-electron chi connectivity index (χ2n) is 9.25. The van der Waals surface area contributed by atoms with Crippen molar-refractivity contribution < 1.29 is 27.1 Å². The normalized spacial score (nSPS) is 20.9. The van der Waals surface area contributed by atoms with E-state index in [1.54, 1.807) is 24.1 Å². The lowest BCUT2D eigenvalue weighted by Gasteiger charge is -2.40. The smallest absolute Gasteiger partial charge is 0.383 e. The molecule has 1 aliphatic carbocycles. The van der Waals surface area contributed by atoms with E-state index in [4.69, 9.17) is 4.74 Å². The Labute approximate surface area is 211 Å². The van der Waals surface area contributed by atoms with Crippen LogP contribution in [0.2, 0.25) is 0 Å². The van der Waals surface area contributed by atoms with Crippen LogP contribution in [0.15, 0.2) is 55.0 Å². The van der Waals surface area contributed by atoms with Crippen molar-refractivity contribution in [2.45, 2.75) is 31.1 Å². The highest BCUT2D eigenvalue weighted by atomic mass is 19.4. The van der Waals surface area contributed by atoms with Crippen LogP contribution in [0, 0.1) is 11.7 Å². The number of methoxy groups -OCH3 is 1. The van der Waals surface area contributed by atoms with Gasteiger partial charge in [0.15, 0.2) is 5.82 Å². The molecule has 1 saturated heterocycles. The third kappa shape index (κ3) is 4.87.